The van der Waals surface area contributed by atoms with Crippen molar-refractivity contribution in [1.82, 2.24) is 10.2 Å². The van der Waals surface area contributed by atoms with Gasteiger partial charge in [-0.15, -0.1) is 0 Å². The predicted octanol–water partition coefficient (Wildman–Crippen LogP) is 2.74. The Kier molecular flexibility index (Phi) is 4.56. The average Bonchev–Trinajstić information content (AvgIpc) is 3.13. The SMILES string of the molecule is C=C(CNC1CC1)CN(C)Cc1ccccc1C. The third-order valence-corrected chi connectivity index (χ3v) is 3.41. The van der Waals surface area contributed by atoms with Crippen LogP contribution in [0.1, 0.15) is 24.0 Å². The maximum atomic E-state index is 4.15. The lowest BCUT2D eigenvalue weighted by Crippen LogP contribution is -2.27. The Morgan fingerprint density at radius 3 is 2.78 bits per heavy atom. The van der Waals surface area contributed by atoms with Crippen LogP contribution < -0.4 is 5.32 Å². The Hall–Kier alpha value is -1.12. The number of nitrogens with one attached hydrogen (secondary N) is 1. The fourth-order valence-corrected chi connectivity index (χ4v) is 2.15. The molecule has 2 nitrogen and oxygen atoms in total. The number of hydrogen-bond acceptors (Lipinski definition) is 2. The summed E-state index contributed by atoms with van der Waals surface area (Å²) < 4.78 is 0. The van der Waals surface area contributed by atoms with Gasteiger partial charge in [0, 0.05) is 25.7 Å². The van der Waals surface area contributed by atoms with Crippen molar-refractivity contribution in [2.45, 2.75) is 32.4 Å². The maximum absolute atomic E-state index is 4.15. The molecule has 0 heterocycles. The quantitative estimate of drug-likeness (QED) is 0.742. The Morgan fingerprint density at radius 2 is 2.11 bits per heavy atom. The Balaban J connectivity index is 1.75. The fourth-order valence-electron chi connectivity index (χ4n) is 2.15. The van der Waals surface area contributed by atoms with E-state index in [0.717, 1.165) is 25.7 Å². The molecule has 2 rings (SSSR count). The average molecular weight is 244 g/mol. The maximum Gasteiger partial charge on any atom is 0.0236 e. The molecule has 1 saturated carbocycles. The first kappa shape index (κ1) is 13.3. The molecule has 1 aliphatic rings. The molecule has 0 atom stereocenters. The summed E-state index contributed by atoms with van der Waals surface area (Å²) in [6, 6.07) is 9.35. The highest BCUT2D eigenvalue weighted by atomic mass is 15.1. The summed E-state index contributed by atoms with van der Waals surface area (Å²) in [4.78, 5) is 2.33. The molecule has 1 fully saturated rings. The number of benzene rings is 1. The van der Waals surface area contributed by atoms with Gasteiger partial charge >= 0.3 is 0 Å². The largest absolute Gasteiger partial charge is 0.310 e. The highest BCUT2D eigenvalue weighted by Crippen LogP contribution is 2.18. The van der Waals surface area contributed by atoms with Crippen molar-refractivity contribution in [3.8, 4) is 0 Å². The van der Waals surface area contributed by atoms with Crippen molar-refractivity contribution < 1.29 is 0 Å². The normalized spacial score (nSPS) is 15.1. The second-order valence-electron chi connectivity index (χ2n) is 5.50. The van der Waals surface area contributed by atoms with Crippen LogP contribution in [-0.4, -0.2) is 31.1 Å². The lowest BCUT2D eigenvalue weighted by molar-refractivity contribution is 0.351. The van der Waals surface area contributed by atoms with Gasteiger partial charge in [0.1, 0.15) is 0 Å². The van der Waals surface area contributed by atoms with Crippen LogP contribution in [0, 0.1) is 6.92 Å². The molecule has 18 heavy (non-hydrogen) atoms. The molecule has 1 aliphatic carbocycles. The van der Waals surface area contributed by atoms with Crippen LogP contribution in [0.3, 0.4) is 0 Å². The monoisotopic (exact) mass is 244 g/mol. The molecule has 0 radical (unpaired) electrons. The zero-order chi connectivity index (χ0) is 13.0. The first-order valence-electron chi connectivity index (χ1n) is 6.78. The minimum Gasteiger partial charge on any atom is -0.310 e. The summed E-state index contributed by atoms with van der Waals surface area (Å²) in [7, 11) is 2.16. The molecule has 1 aromatic carbocycles. The summed E-state index contributed by atoms with van der Waals surface area (Å²) in [6.45, 7) is 9.25. The molecule has 1 aromatic rings. The molecule has 0 aliphatic heterocycles. The summed E-state index contributed by atoms with van der Waals surface area (Å²) in [5.41, 5.74) is 4.05. The smallest absolute Gasteiger partial charge is 0.0236 e. The van der Waals surface area contributed by atoms with Gasteiger partial charge in [0.2, 0.25) is 0 Å². The van der Waals surface area contributed by atoms with E-state index in [1.807, 2.05) is 0 Å². The van der Waals surface area contributed by atoms with E-state index in [4.69, 9.17) is 0 Å². The topological polar surface area (TPSA) is 15.3 Å². The molecular weight excluding hydrogens is 220 g/mol. The first-order chi connectivity index (χ1) is 8.65. The fraction of sp³-hybridized carbons (Fsp3) is 0.500. The van der Waals surface area contributed by atoms with Crippen molar-refractivity contribution in [1.29, 1.82) is 0 Å². The summed E-state index contributed by atoms with van der Waals surface area (Å²) in [5, 5.41) is 3.51. The summed E-state index contributed by atoms with van der Waals surface area (Å²) >= 11 is 0. The van der Waals surface area contributed by atoms with Crippen molar-refractivity contribution in [3.05, 3.63) is 47.5 Å². The van der Waals surface area contributed by atoms with Gasteiger partial charge < -0.3 is 5.32 Å². The summed E-state index contributed by atoms with van der Waals surface area (Å²) in [6.07, 6.45) is 2.68. The third-order valence-electron chi connectivity index (χ3n) is 3.41. The Bertz CT molecular complexity index is 407. The number of nitrogens with zero attached hydrogens (tertiary/aromatic N) is 1. The van der Waals surface area contributed by atoms with Gasteiger partial charge in [-0.3, -0.25) is 4.90 Å². The molecular formula is C16H24N2. The van der Waals surface area contributed by atoms with Crippen LogP contribution in [0.2, 0.25) is 0 Å². The van der Waals surface area contributed by atoms with Gasteiger partial charge in [-0.2, -0.15) is 0 Å². The van der Waals surface area contributed by atoms with Gasteiger partial charge in [0.25, 0.3) is 0 Å². The Labute approximate surface area is 111 Å². The molecule has 0 saturated heterocycles. The zero-order valence-electron chi connectivity index (χ0n) is 11.6. The van der Waals surface area contributed by atoms with Crippen LogP contribution in [0.5, 0.6) is 0 Å². The molecule has 0 amide bonds. The van der Waals surface area contributed by atoms with Gasteiger partial charge in [0.05, 0.1) is 0 Å². The Morgan fingerprint density at radius 1 is 1.39 bits per heavy atom. The van der Waals surface area contributed by atoms with Gasteiger partial charge in [-0.05, 0) is 43.5 Å². The lowest BCUT2D eigenvalue weighted by Gasteiger charge is -2.19. The molecule has 1 N–H and O–H groups in total. The number of rotatable bonds is 7. The van der Waals surface area contributed by atoms with Gasteiger partial charge in [-0.25, -0.2) is 0 Å². The molecule has 0 unspecified atom stereocenters. The second-order valence-corrected chi connectivity index (χ2v) is 5.50. The van der Waals surface area contributed by atoms with E-state index in [0.29, 0.717) is 0 Å². The first-order valence-corrected chi connectivity index (χ1v) is 6.78. The minimum absolute atomic E-state index is 0.767. The van der Waals surface area contributed by atoms with E-state index in [9.17, 15) is 0 Å². The standard InChI is InChI=1S/C16H24N2/c1-13(10-17-16-8-9-16)11-18(3)12-15-7-5-4-6-14(15)2/h4-7,16-17H,1,8-12H2,2-3H3. The van der Waals surface area contributed by atoms with E-state index in [-0.39, 0.29) is 0 Å². The van der Waals surface area contributed by atoms with Gasteiger partial charge in [-0.1, -0.05) is 30.8 Å². The highest BCUT2D eigenvalue weighted by molar-refractivity contribution is 5.25. The van der Waals surface area contributed by atoms with E-state index >= 15 is 0 Å². The van der Waals surface area contributed by atoms with Crippen molar-refractivity contribution in [2.24, 2.45) is 0 Å². The van der Waals surface area contributed by atoms with Crippen molar-refractivity contribution in [3.63, 3.8) is 0 Å². The van der Waals surface area contributed by atoms with Crippen LogP contribution in [0.15, 0.2) is 36.4 Å². The molecule has 2 heteroatoms. The van der Waals surface area contributed by atoms with Crippen LogP contribution >= 0.6 is 0 Å². The molecule has 0 aromatic heterocycles. The molecule has 0 bridgehead atoms. The molecule has 0 spiro atoms. The lowest BCUT2D eigenvalue weighted by atomic mass is 10.1. The zero-order valence-corrected chi connectivity index (χ0v) is 11.6. The van der Waals surface area contributed by atoms with Crippen molar-refractivity contribution in [2.75, 3.05) is 20.1 Å². The summed E-state index contributed by atoms with van der Waals surface area (Å²) in [5.74, 6) is 0. The van der Waals surface area contributed by atoms with E-state index in [2.05, 4.69) is 55.0 Å². The number of aryl methyl sites for hydroxylation is 1. The number of hydrogen-bond donors (Lipinski definition) is 1. The molecule has 98 valence electrons. The minimum atomic E-state index is 0.767. The van der Waals surface area contributed by atoms with E-state index < -0.39 is 0 Å². The van der Waals surface area contributed by atoms with E-state index in [1.54, 1.807) is 0 Å². The van der Waals surface area contributed by atoms with Gasteiger partial charge in [0.15, 0.2) is 0 Å². The van der Waals surface area contributed by atoms with E-state index in [1.165, 1.54) is 29.5 Å². The number of likely N-dealkylation sites (N-methyl/N-ethyl adjacent to an activating group) is 1. The second kappa shape index (κ2) is 6.17. The predicted molar refractivity (Wildman–Crippen MR) is 77.7 cm³/mol. The van der Waals surface area contributed by atoms with Crippen LogP contribution in [0.25, 0.3) is 0 Å². The third kappa shape index (κ3) is 4.28. The van der Waals surface area contributed by atoms with Crippen LogP contribution in [0.4, 0.5) is 0 Å². The van der Waals surface area contributed by atoms with Crippen LogP contribution in [-0.2, 0) is 6.54 Å². The van der Waals surface area contributed by atoms with Crippen molar-refractivity contribution >= 4 is 0 Å². The highest BCUT2D eigenvalue weighted by Gasteiger charge is 2.20.